The molecule has 0 spiro atoms. The van der Waals surface area contributed by atoms with E-state index in [0.29, 0.717) is 21.8 Å². The summed E-state index contributed by atoms with van der Waals surface area (Å²) in [4.78, 5) is 19.5. The second kappa shape index (κ2) is 6.69. The van der Waals surface area contributed by atoms with Crippen LogP contribution in [0.5, 0.6) is 0 Å². The normalized spacial score (nSPS) is 10.9. The topological polar surface area (TPSA) is 82.8 Å². The van der Waals surface area contributed by atoms with Gasteiger partial charge in [-0.15, -0.1) is 5.10 Å². The maximum atomic E-state index is 13.8. The molecule has 0 radical (unpaired) electrons. The molecule has 3 rings (SSSR count). The SMILES string of the molecule is COC(=O)CSc1ncnc2c1nnn2Cc1ccccc1F. The van der Waals surface area contributed by atoms with Gasteiger partial charge in [0, 0.05) is 5.56 Å². The van der Waals surface area contributed by atoms with E-state index in [4.69, 9.17) is 0 Å². The van der Waals surface area contributed by atoms with Crippen molar-refractivity contribution in [3.05, 3.63) is 42.0 Å². The number of halogens is 1. The van der Waals surface area contributed by atoms with Gasteiger partial charge >= 0.3 is 5.97 Å². The van der Waals surface area contributed by atoms with Crippen LogP contribution in [0.25, 0.3) is 11.2 Å². The standard InChI is InChI=1S/C14H12FN5O2S/c1-22-11(21)7-23-14-12-13(16-8-17-14)20(19-18-12)6-9-4-2-3-5-10(9)15/h2-5,8H,6-7H2,1H3. The Balaban J connectivity index is 1.89. The number of benzene rings is 1. The minimum Gasteiger partial charge on any atom is -0.468 e. The van der Waals surface area contributed by atoms with Gasteiger partial charge in [-0.3, -0.25) is 4.79 Å². The summed E-state index contributed by atoms with van der Waals surface area (Å²) in [6.07, 6.45) is 1.36. The zero-order valence-corrected chi connectivity index (χ0v) is 13.0. The molecule has 0 atom stereocenters. The van der Waals surface area contributed by atoms with Crippen molar-refractivity contribution in [2.45, 2.75) is 11.6 Å². The summed E-state index contributed by atoms with van der Waals surface area (Å²) >= 11 is 1.19. The third-order valence-corrected chi connectivity index (χ3v) is 4.05. The van der Waals surface area contributed by atoms with Crippen LogP contribution in [0.2, 0.25) is 0 Å². The number of fused-ring (bicyclic) bond motifs is 1. The summed E-state index contributed by atoms with van der Waals surface area (Å²) in [5.74, 6) is -0.561. The van der Waals surface area contributed by atoms with Gasteiger partial charge in [0.2, 0.25) is 0 Å². The van der Waals surface area contributed by atoms with Crippen molar-refractivity contribution < 1.29 is 13.9 Å². The molecule has 0 aliphatic carbocycles. The molecule has 2 aromatic heterocycles. The fourth-order valence-electron chi connectivity index (χ4n) is 1.96. The summed E-state index contributed by atoms with van der Waals surface area (Å²) in [7, 11) is 1.32. The van der Waals surface area contributed by atoms with E-state index >= 15 is 0 Å². The molecule has 0 bridgehead atoms. The van der Waals surface area contributed by atoms with Crippen LogP contribution in [-0.4, -0.2) is 43.8 Å². The Hall–Kier alpha value is -2.55. The molecule has 0 fully saturated rings. The molecule has 0 amide bonds. The molecule has 0 unspecified atom stereocenters. The van der Waals surface area contributed by atoms with Crippen molar-refractivity contribution >= 4 is 28.9 Å². The highest BCUT2D eigenvalue weighted by atomic mass is 32.2. The number of thioether (sulfide) groups is 1. The van der Waals surface area contributed by atoms with Crippen molar-refractivity contribution in [2.24, 2.45) is 0 Å². The van der Waals surface area contributed by atoms with Crippen LogP contribution < -0.4 is 0 Å². The van der Waals surface area contributed by atoms with Crippen molar-refractivity contribution in [2.75, 3.05) is 12.9 Å². The van der Waals surface area contributed by atoms with Crippen LogP contribution in [-0.2, 0) is 16.1 Å². The van der Waals surface area contributed by atoms with E-state index in [0.717, 1.165) is 0 Å². The molecule has 7 nitrogen and oxygen atoms in total. The average molecular weight is 333 g/mol. The molecule has 0 saturated heterocycles. The van der Waals surface area contributed by atoms with Gasteiger partial charge in [-0.05, 0) is 6.07 Å². The third-order valence-electron chi connectivity index (χ3n) is 3.10. The Morgan fingerprint density at radius 3 is 2.96 bits per heavy atom. The average Bonchev–Trinajstić information content (AvgIpc) is 2.98. The highest BCUT2D eigenvalue weighted by Gasteiger charge is 2.14. The Morgan fingerprint density at radius 1 is 1.35 bits per heavy atom. The number of nitrogens with zero attached hydrogens (tertiary/aromatic N) is 5. The molecule has 0 N–H and O–H groups in total. The van der Waals surface area contributed by atoms with E-state index in [-0.39, 0.29) is 24.1 Å². The van der Waals surface area contributed by atoms with Crippen LogP contribution in [0.4, 0.5) is 4.39 Å². The number of esters is 1. The van der Waals surface area contributed by atoms with Gasteiger partial charge in [0.15, 0.2) is 11.2 Å². The van der Waals surface area contributed by atoms with Crippen molar-refractivity contribution in [1.82, 2.24) is 25.0 Å². The van der Waals surface area contributed by atoms with Gasteiger partial charge in [0.1, 0.15) is 17.2 Å². The lowest BCUT2D eigenvalue weighted by Crippen LogP contribution is -2.05. The van der Waals surface area contributed by atoms with Crippen molar-refractivity contribution in [3.63, 3.8) is 0 Å². The number of hydrogen-bond donors (Lipinski definition) is 0. The Kier molecular flexibility index (Phi) is 4.47. The molecule has 1 aromatic carbocycles. The minimum absolute atomic E-state index is 0.114. The third kappa shape index (κ3) is 3.29. The van der Waals surface area contributed by atoms with E-state index < -0.39 is 0 Å². The summed E-state index contributed by atoms with van der Waals surface area (Å²) in [6.45, 7) is 0.210. The first kappa shape index (κ1) is 15.3. The zero-order chi connectivity index (χ0) is 16.2. The molecular weight excluding hydrogens is 321 g/mol. The first-order valence-corrected chi connectivity index (χ1v) is 7.65. The lowest BCUT2D eigenvalue weighted by molar-refractivity contribution is -0.137. The van der Waals surface area contributed by atoms with Gasteiger partial charge in [0.25, 0.3) is 0 Å². The molecule has 23 heavy (non-hydrogen) atoms. The lowest BCUT2D eigenvalue weighted by atomic mass is 10.2. The van der Waals surface area contributed by atoms with Crippen LogP contribution in [0.15, 0.2) is 35.6 Å². The number of methoxy groups -OCH3 is 1. The fourth-order valence-corrected chi connectivity index (χ4v) is 2.72. The summed E-state index contributed by atoms with van der Waals surface area (Å²) in [5.41, 5.74) is 1.44. The highest BCUT2D eigenvalue weighted by molar-refractivity contribution is 8.00. The van der Waals surface area contributed by atoms with Gasteiger partial charge in [-0.2, -0.15) is 0 Å². The monoisotopic (exact) mass is 333 g/mol. The second-order valence-corrected chi connectivity index (χ2v) is 5.52. The molecule has 3 aromatic rings. The molecule has 9 heteroatoms. The summed E-state index contributed by atoms with van der Waals surface area (Å²) < 4.78 is 19.9. The first-order chi connectivity index (χ1) is 11.2. The van der Waals surface area contributed by atoms with E-state index in [2.05, 4.69) is 25.0 Å². The quantitative estimate of drug-likeness (QED) is 0.399. The molecule has 118 valence electrons. The summed E-state index contributed by atoms with van der Waals surface area (Å²) in [6, 6.07) is 6.45. The molecule has 2 heterocycles. The number of carbonyl (C=O) groups is 1. The number of rotatable bonds is 5. The van der Waals surface area contributed by atoms with E-state index in [1.165, 1.54) is 35.9 Å². The maximum Gasteiger partial charge on any atom is 0.316 e. The molecule has 0 saturated carbocycles. The maximum absolute atomic E-state index is 13.8. The predicted octanol–water partition coefficient (Wildman–Crippen LogP) is 1.67. The van der Waals surface area contributed by atoms with E-state index in [9.17, 15) is 9.18 Å². The van der Waals surface area contributed by atoms with Gasteiger partial charge in [0.05, 0.1) is 19.4 Å². The minimum atomic E-state index is -0.361. The number of ether oxygens (including phenoxy) is 1. The zero-order valence-electron chi connectivity index (χ0n) is 12.1. The molecular formula is C14H12FN5O2S. The van der Waals surface area contributed by atoms with Gasteiger partial charge in [-0.25, -0.2) is 19.0 Å². The predicted molar refractivity (Wildman–Crippen MR) is 81.4 cm³/mol. The fraction of sp³-hybridized carbons (Fsp3) is 0.214. The van der Waals surface area contributed by atoms with Crippen LogP contribution >= 0.6 is 11.8 Å². The van der Waals surface area contributed by atoms with Crippen molar-refractivity contribution in [3.8, 4) is 0 Å². The molecule has 0 aliphatic heterocycles. The lowest BCUT2D eigenvalue weighted by Gasteiger charge is -2.04. The number of carbonyl (C=O) groups excluding carboxylic acids is 1. The molecule has 0 aliphatic rings. The van der Waals surface area contributed by atoms with Crippen LogP contribution in [0.1, 0.15) is 5.56 Å². The smallest absolute Gasteiger partial charge is 0.316 e. The second-order valence-electron chi connectivity index (χ2n) is 4.55. The largest absolute Gasteiger partial charge is 0.468 e. The van der Waals surface area contributed by atoms with Gasteiger partial charge in [-0.1, -0.05) is 35.2 Å². The first-order valence-electron chi connectivity index (χ1n) is 6.66. The van der Waals surface area contributed by atoms with Crippen LogP contribution in [0, 0.1) is 5.82 Å². The van der Waals surface area contributed by atoms with E-state index in [1.54, 1.807) is 18.2 Å². The van der Waals surface area contributed by atoms with E-state index in [1.807, 2.05) is 0 Å². The van der Waals surface area contributed by atoms with Crippen LogP contribution in [0.3, 0.4) is 0 Å². The summed E-state index contributed by atoms with van der Waals surface area (Å²) in [5, 5.41) is 8.58. The Labute approximate surface area is 134 Å². The number of hydrogen-bond acceptors (Lipinski definition) is 7. The number of aromatic nitrogens is 5. The highest BCUT2D eigenvalue weighted by Crippen LogP contribution is 2.23. The Morgan fingerprint density at radius 2 is 2.17 bits per heavy atom. The Bertz CT molecular complexity index is 854. The van der Waals surface area contributed by atoms with Gasteiger partial charge < -0.3 is 4.74 Å². The van der Waals surface area contributed by atoms with Crippen molar-refractivity contribution in [1.29, 1.82) is 0 Å².